The quantitative estimate of drug-likeness (QED) is 0.854. The summed E-state index contributed by atoms with van der Waals surface area (Å²) in [6.07, 6.45) is -0.750. The molecule has 1 N–H and O–H groups in total. The molecule has 0 fully saturated rings. The van der Waals surface area contributed by atoms with E-state index < -0.39 is 6.10 Å². The van der Waals surface area contributed by atoms with E-state index in [1.807, 2.05) is 24.3 Å². The fourth-order valence-electron chi connectivity index (χ4n) is 1.25. The van der Waals surface area contributed by atoms with Crippen LogP contribution in [0.2, 0.25) is 0 Å². The van der Waals surface area contributed by atoms with Crippen LogP contribution in [0.4, 0.5) is 0 Å². The normalized spacial score (nSPS) is 12.4. The van der Waals surface area contributed by atoms with E-state index >= 15 is 0 Å². The van der Waals surface area contributed by atoms with Gasteiger partial charge in [-0.3, -0.25) is 0 Å². The van der Waals surface area contributed by atoms with Gasteiger partial charge in [0.2, 0.25) is 11.8 Å². The molecule has 0 saturated heterocycles. The molecule has 0 bridgehead atoms. The number of hydrogen-bond acceptors (Lipinski definition) is 5. The molecule has 0 saturated carbocycles. The number of benzene rings is 1. The van der Waals surface area contributed by atoms with Gasteiger partial charge in [0, 0.05) is 5.56 Å². The van der Waals surface area contributed by atoms with E-state index in [0.29, 0.717) is 5.89 Å². The molecular weight excluding hydrogens is 208 g/mol. The summed E-state index contributed by atoms with van der Waals surface area (Å²) in [4.78, 5) is 0. The first-order valence-corrected chi connectivity index (χ1v) is 4.86. The van der Waals surface area contributed by atoms with Crippen molar-refractivity contribution in [2.75, 3.05) is 7.11 Å². The average molecular weight is 220 g/mol. The fourth-order valence-corrected chi connectivity index (χ4v) is 1.25. The van der Waals surface area contributed by atoms with E-state index in [-0.39, 0.29) is 5.89 Å². The summed E-state index contributed by atoms with van der Waals surface area (Å²) >= 11 is 0. The van der Waals surface area contributed by atoms with Crippen molar-refractivity contribution in [3.63, 3.8) is 0 Å². The molecular formula is C11H12N2O3. The Hall–Kier alpha value is -1.88. The molecule has 2 rings (SSSR count). The van der Waals surface area contributed by atoms with Crippen LogP contribution in [-0.4, -0.2) is 22.4 Å². The van der Waals surface area contributed by atoms with E-state index in [0.717, 1.165) is 11.3 Å². The minimum Gasteiger partial charge on any atom is -0.497 e. The number of rotatable bonds is 3. The number of nitrogens with zero attached hydrogens (tertiary/aromatic N) is 2. The summed E-state index contributed by atoms with van der Waals surface area (Å²) in [5.74, 6) is 1.36. The highest BCUT2D eigenvalue weighted by Gasteiger charge is 2.12. The standard InChI is InChI=1S/C11H12N2O3/c1-7(14)10-12-13-11(16-10)8-3-5-9(15-2)6-4-8/h3-7,14H,1-2H3. The van der Waals surface area contributed by atoms with Crippen LogP contribution in [0.25, 0.3) is 11.5 Å². The van der Waals surface area contributed by atoms with Crippen molar-refractivity contribution in [2.24, 2.45) is 0 Å². The third-order valence-corrected chi connectivity index (χ3v) is 2.13. The lowest BCUT2D eigenvalue weighted by atomic mass is 10.2. The Morgan fingerprint density at radius 1 is 1.25 bits per heavy atom. The summed E-state index contributed by atoms with van der Waals surface area (Å²) in [6, 6.07) is 7.25. The fraction of sp³-hybridized carbons (Fsp3) is 0.273. The maximum atomic E-state index is 9.25. The molecule has 0 aliphatic rings. The summed E-state index contributed by atoms with van der Waals surface area (Å²) < 4.78 is 10.3. The van der Waals surface area contributed by atoms with Crippen molar-refractivity contribution in [2.45, 2.75) is 13.0 Å². The van der Waals surface area contributed by atoms with Crippen LogP contribution in [-0.2, 0) is 0 Å². The van der Waals surface area contributed by atoms with Gasteiger partial charge < -0.3 is 14.3 Å². The van der Waals surface area contributed by atoms with Gasteiger partial charge in [-0.2, -0.15) is 0 Å². The Bertz CT molecular complexity index is 462. The predicted octanol–water partition coefficient (Wildman–Crippen LogP) is 1.80. The average Bonchev–Trinajstić information content (AvgIpc) is 2.78. The second-order valence-electron chi connectivity index (χ2n) is 3.35. The number of aliphatic hydroxyl groups excluding tert-OH is 1. The molecule has 5 nitrogen and oxygen atoms in total. The lowest BCUT2D eigenvalue weighted by Crippen LogP contribution is -1.89. The van der Waals surface area contributed by atoms with Gasteiger partial charge in [0.05, 0.1) is 7.11 Å². The molecule has 0 aliphatic heterocycles. The Balaban J connectivity index is 2.28. The molecule has 0 amide bonds. The van der Waals surface area contributed by atoms with Crippen LogP contribution in [0.1, 0.15) is 18.9 Å². The zero-order chi connectivity index (χ0) is 11.5. The SMILES string of the molecule is COc1ccc(-c2nnc(C(C)O)o2)cc1. The molecule has 0 radical (unpaired) electrons. The van der Waals surface area contributed by atoms with Crippen molar-refractivity contribution < 1.29 is 14.3 Å². The first kappa shape index (κ1) is 10.6. The molecule has 0 aliphatic carbocycles. The maximum Gasteiger partial charge on any atom is 0.247 e. The van der Waals surface area contributed by atoms with Crippen molar-refractivity contribution >= 4 is 0 Å². The van der Waals surface area contributed by atoms with Gasteiger partial charge in [0.1, 0.15) is 11.9 Å². The van der Waals surface area contributed by atoms with Crippen LogP contribution in [0, 0.1) is 0 Å². The van der Waals surface area contributed by atoms with Crippen molar-refractivity contribution in [1.29, 1.82) is 0 Å². The minimum absolute atomic E-state index is 0.214. The third kappa shape index (κ3) is 2.04. The van der Waals surface area contributed by atoms with Gasteiger partial charge >= 0.3 is 0 Å². The first-order valence-electron chi connectivity index (χ1n) is 4.86. The van der Waals surface area contributed by atoms with Gasteiger partial charge in [0.25, 0.3) is 0 Å². The highest BCUT2D eigenvalue weighted by Crippen LogP contribution is 2.22. The van der Waals surface area contributed by atoms with E-state index in [9.17, 15) is 5.11 Å². The van der Waals surface area contributed by atoms with Gasteiger partial charge in [-0.1, -0.05) is 0 Å². The Kier molecular flexibility index (Phi) is 2.87. The highest BCUT2D eigenvalue weighted by atomic mass is 16.5. The third-order valence-electron chi connectivity index (χ3n) is 2.13. The molecule has 1 aromatic heterocycles. The van der Waals surface area contributed by atoms with Gasteiger partial charge in [0.15, 0.2) is 0 Å². The topological polar surface area (TPSA) is 68.4 Å². The maximum absolute atomic E-state index is 9.25. The number of methoxy groups -OCH3 is 1. The first-order chi connectivity index (χ1) is 7.70. The van der Waals surface area contributed by atoms with Gasteiger partial charge in [-0.15, -0.1) is 10.2 Å². The van der Waals surface area contributed by atoms with Crippen LogP contribution < -0.4 is 4.74 Å². The Morgan fingerprint density at radius 3 is 2.44 bits per heavy atom. The highest BCUT2D eigenvalue weighted by molar-refractivity contribution is 5.53. The smallest absolute Gasteiger partial charge is 0.247 e. The summed E-state index contributed by atoms with van der Waals surface area (Å²) in [6.45, 7) is 1.57. The Morgan fingerprint density at radius 2 is 1.94 bits per heavy atom. The molecule has 5 heteroatoms. The van der Waals surface area contributed by atoms with E-state index in [4.69, 9.17) is 9.15 Å². The van der Waals surface area contributed by atoms with E-state index in [1.54, 1.807) is 14.0 Å². The lowest BCUT2D eigenvalue weighted by Gasteiger charge is -1.99. The summed E-state index contributed by atoms with van der Waals surface area (Å²) in [5.41, 5.74) is 0.792. The van der Waals surface area contributed by atoms with Gasteiger partial charge in [-0.05, 0) is 31.2 Å². The zero-order valence-corrected chi connectivity index (χ0v) is 9.04. The molecule has 1 aromatic carbocycles. The molecule has 16 heavy (non-hydrogen) atoms. The van der Waals surface area contributed by atoms with Crippen LogP contribution >= 0.6 is 0 Å². The van der Waals surface area contributed by atoms with E-state index in [2.05, 4.69) is 10.2 Å². The molecule has 1 atom stereocenters. The summed E-state index contributed by atoms with van der Waals surface area (Å²) in [5, 5.41) is 16.8. The van der Waals surface area contributed by atoms with Crippen molar-refractivity contribution in [1.82, 2.24) is 10.2 Å². The minimum atomic E-state index is -0.750. The largest absolute Gasteiger partial charge is 0.497 e. The zero-order valence-electron chi connectivity index (χ0n) is 9.04. The lowest BCUT2D eigenvalue weighted by molar-refractivity contribution is 0.163. The molecule has 2 aromatic rings. The molecule has 1 heterocycles. The van der Waals surface area contributed by atoms with Crippen LogP contribution in [0.5, 0.6) is 5.75 Å². The van der Waals surface area contributed by atoms with E-state index in [1.165, 1.54) is 0 Å². The van der Waals surface area contributed by atoms with Crippen LogP contribution in [0.15, 0.2) is 28.7 Å². The second kappa shape index (κ2) is 4.32. The van der Waals surface area contributed by atoms with Crippen molar-refractivity contribution in [3.8, 4) is 17.2 Å². The van der Waals surface area contributed by atoms with Crippen molar-refractivity contribution in [3.05, 3.63) is 30.2 Å². The number of aromatic nitrogens is 2. The Labute approximate surface area is 92.7 Å². The predicted molar refractivity (Wildman–Crippen MR) is 56.9 cm³/mol. The monoisotopic (exact) mass is 220 g/mol. The number of ether oxygens (including phenoxy) is 1. The van der Waals surface area contributed by atoms with Crippen LogP contribution in [0.3, 0.4) is 0 Å². The molecule has 84 valence electrons. The summed E-state index contributed by atoms with van der Waals surface area (Å²) in [7, 11) is 1.60. The molecule has 1 unspecified atom stereocenters. The second-order valence-corrected chi connectivity index (χ2v) is 3.35. The molecule has 0 spiro atoms. The number of hydrogen-bond donors (Lipinski definition) is 1. The number of aliphatic hydroxyl groups is 1. The van der Waals surface area contributed by atoms with Gasteiger partial charge in [-0.25, -0.2) is 0 Å².